The van der Waals surface area contributed by atoms with E-state index in [1.807, 2.05) is 72.8 Å². The van der Waals surface area contributed by atoms with Crippen LogP contribution in [0.15, 0.2) is 28.8 Å². The quantitative estimate of drug-likeness (QED) is 0.375. The first-order valence-corrected chi connectivity index (χ1v) is 13.6. The van der Waals surface area contributed by atoms with Crippen molar-refractivity contribution in [1.82, 2.24) is 10.1 Å². The number of aromatic nitrogens is 1. The molecule has 0 unspecified atom stereocenters. The Balaban J connectivity index is 0.00000154. The summed E-state index contributed by atoms with van der Waals surface area (Å²) in [7, 11) is 0. The number of ether oxygens (including phenoxy) is 1. The normalized spacial score (nSPS) is 17.6. The number of benzene rings is 1. The highest BCUT2D eigenvalue weighted by Gasteiger charge is 2.44. The molecule has 1 aromatic heterocycles. The molecule has 2 aromatic rings. The van der Waals surface area contributed by atoms with Gasteiger partial charge in [-0.2, -0.15) is 0 Å². The Bertz CT molecular complexity index is 983. The number of carbonyl (C=O) groups excluding carboxylic acids is 1. The number of nitrogens with one attached hydrogen (secondary N) is 1. The van der Waals surface area contributed by atoms with Gasteiger partial charge in [0.2, 0.25) is 0 Å². The van der Waals surface area contributed by atoms with Crippen molar-refractivity contribution < 1.29 is 19.2 Å². The van der Waals surface area contributed by atoms with E-state index >= 15 is 0 Å². The second kappa shape index (κ2) is 14.9. The molecular weight excluding hydrogens is 478 g/mol. The molecule has 0 aliphatic carbocycles. The number of aryl methyl sites for hydroxylation is 1. The second-order valence-corrected chi connectivity index (χ2v) is 8.62. The number of allylic oxidation sites excluding steroid dienone is 1. The Morgan fingerprint density at radius 1 is 1.22 bits per heavy atom. The van der Waals surface area contributed by atoms with Crippen molar-refractivity contribution in [2.24, 2.45) is 0 Å². The van der Waals surface area contributed by atoms with Gasteiger partial charge in [-0.15, -0.1) is 11.6 Å². The minimum Gasteiger partial charge on any atom is -0.485 e. The lowest BCUT2D eigenvalue weighted by Gasteiger charge is -2.42. The molecule has 1 aliphatic heterocycles. The minimum absolute atomic E-state index is 0.0443. The second-order valence-electron chi connectivity index (χ2n) is 8.62. The zero-order valence-corrected chi connectivity index (χ0v) is 24.1. The molecule has 1 aliphatic rings. The fourth-order valence-electron chi connectivity index (χ4n) is 4.11. The lowest BCUT2D eigenvalue weighted by Crippen LogP contribution is -2.50. The minimum atomic E-state index is -0.876. The highest BCUT2D eigenvalue weighted by Crippen LogP contribution is 2.42. The summed E-state index contributed by atoms with van der Waals surface area (Å²) in [5, 5.41) is 18.8. The molecule has 7 nitrogen and oxygen atoms in total. The SMILES string of the molecule is C/C=C\c1c(N[C@@H]2c3cc(C(=O)N(CC)CC)ccc3OC(C)(C)[C@H]2O)noc1CCC.CC.CCl. The van der Waals surface area contributed by atoms with Gasteiger partial charge >= 0.3 is 0 Å². The summed E-state index contributed by atoms with van der Waals surface area (Å²) in [6, 6.07) is 4.88. The van der Waals surface area contributed by atoms with Crippen LogP contribution in [0.2, 0.25) is 0 Å². The molecule has 8 heteroatoms. The number of anilines is 1. The molecular formula is C28H44ClN3O4. The van der Waals surface area contributed by atoms with Crippen LogP contribution in [-0.2, 0) is 6.42 Å². The van der Waals surface area contributed by atoms with E-state index < -0.39 is 17.7 Å². The van der Waals surface area contributed by atoms with Gasteiger partial charge in [-0.3, -0.25) is 4.79 Å². The number of fused-ring (bicyclic) bond motifs is 1. The summed E-state index contributed by atoms with van der Waals surface area (Å²) in [6.45, 7) is 16.9. The van der Waals surface area contributed by atoms with Gasteiger partial charge in [0.15, 0.2) is 5.82 Å². The van der Waals surface area contributed by atoms with Crippen molar-refractivity contribution in [1.29, 1.82) is 0 Å². The molecule has 2 N–H and O–H groups in total. The molecule has 0 saturated carbocycles. The molecule has 0 bridgehead atoms. The summed E-state index contributed by atoms with van der Waals surface area (Å²) < 4.78 is 11.7. The van der Waals surface area contributed by atoms with Crippen LogP contribution in [0.4, 0.5) is 5.82 Å². The van der Waals surface area contributed by atoms with Crippen molar-refractivity contribution in [3.63, 3.8) is 0 Å². The first-order chi connectivity index (χ1) is 17.3. The highest BCUT2D eigenvalue weighted by molar-refractivity contribution is 6.15. The summed E-state index contributed by atoms with van der Waals surface area (Å²) >= 11 is 4.64. The number of aliphatic hydroxyl groups is 1. The molecule has 0 saturated heterocycles. The van der Waals surface area contributed by atoms with E-state index in [4.69, 9.17) is 9.26 Å². The first kappa shape index (κ1) is 31.5. The van der Waals surface area contributed by atoms with E-state index in [0.717, 1.165) is 29.7 Å². The van der Waals surface area contributed by atoms with Crippen molar-refractivity contribution in [2.75, 3.05) is 24.8 Å². The molecule has 3 rings (SSSR count). The Kier molecular flexibility index (Phi) is 13.1. The average Bonchev–Trinajstić information content (AvgIpc) is 3.26. The van der Waals surface area contributed by atoms with Crippen molar-refractivity contribution in [3.8, 4) is 5.75 Å². The fraction of sp³-hybridized carbons (Fsp3) is 0.571. The monoisotopic (exact) mass is 521 g/mol. The van der Waals surface area contributed by atoms with Crippen molar-refractivity contribution in [2.45, 2.75) is 86.0 Å². The summed E-state index contributed by atoms with van der Waals surface area (Å²) in [5.41, 5.74) is 1.34. The maximum absolute atomic E-state index is 12.9. The van der Waals surface area contributed by atoms with E-state index in [1.54, 1.807) is 11.0 Å². The molecule has 1 amide bonds. The summed E-state index contributed by atoms with van der Waals surface area (Å²) in [4.78, 5) is 14.7. The van der Waals surface area contributed by atoms with Gasteiger partial charge < -0.3 is 24.6 Å². The largest absolute Gasteiger partial charge is 0.485 e. The van der Waals surface area contributed by atoms with Crippen LogP contribution in [0.3, 0.4) is 0 Å². The first-order valence-electron chi connectivity index (χ1n) is 12.8. The molecule has 0 spiro atoms. The predicted molar refractivity (Wildman–Crippen MR) is 149 cm³/mol. The fourth-order valence-corrected chi connectivity index (χ4v) is 4.11. The van der Waals surface area contributed by atoms with Gasteiger partial charge in [0.25, 0.3) is 5.91 Å². The molecule has 2 atom stereocenters. The predicted octanol–water partition coefficient (Wildman–Crippen LogP) is 6.71. The van der Waals surface area contributed by atoms with Crippen LogP contribution in [0.5, 0.6) is 5.75 Å². The average molecular weight is 522 g/mol. The molecule has 202 valence electrons. The Morgan fingerprint density at radius 3 is 2.42 bits per heavy atom. The molecule has 2 heterocycles. The van der Waals surface area contributed by atoms with Gasteiger partial charge in [0.1, 0.15) is 23.2 Å². The van der Waals surface area contributed by atoms with E-state index in [9.17, 15) is 9.90 Å². The Hall–Kier alpha value is -2.51. The van der Waals surface area contributed by atoms with Crippen molar-refractivity contribution >= 4 is 29.4 Å². The van der Waals surface area contributed by atoms with Gasteiger partial charge in [-0.05, 0) is 59.2 Å². The zero-order valence-electron chi connectivity index (χ0n) is 23.3. The molecule has 36 heavy (non-hydrogen) atoms. The number of alkyl halides is 1. The van der Waals surface area contributed by atoms with E-state index in [0.29, 0.717) is 30.2 Å². The third-order valence-corrected chi connectivity index (χ3v) is 5.95. The standard InChI is InChI=1S/C25H35N3O4.C2H6.CH3Cl/c1-7-11-17-20(12-8-2)32-27-23(17)26-21-18-15-16(24(30)28(9-3)10-4)13-14-19(18)31-25(5,6)22(21)29;2*1-2/h7,11,13-15,21-22,29H,8-10,12H2,1-6H3,(H,26,27);1-2H3;1H3/b11-7-;;/t21-,22+;;/m1../s1. The van der Waals surface area contributed by atoms with Crippen LogP contribution in [0, 0.1) is 0 Å². The van der Waals surface area contributed by atoms with E-state index in [1.165, 1.54) is 6.38 Å². The van der Waals surface area contributed by atoms with Crippen LogP contribution < -0.4 is 10.1 Å². The summed E-state index contributed by atoms with van der Waals surface area (Å²) in [6.07, 6.45) is 6.21. The Labute approximate surface area is 221 Å². The lowest BCUT2D eigenvalue weighted by atomic mass is 9.85. The van der Waals surface area contributed by atoms with Crippen LogP contribution in [0.25, 0.3) is 6.08 Å². The smallest absolute Gasteiger partial charge is 0.253 e. The number of rotatable bonds is 8. The van der Waals surface area contributed by atoms with Crippen LogP contribution in [0.1, 0.15) is 95.1 Å². The van der Waals surface area contributed by atoms with E-state index in [-0.39, 0.29) is 5.91 Å². The van der Waals surface area contributed by atoms with Crippen LogP contribution in [-0.4, -0.2) is 52.2 Å². The third kappa shape index (κ3) is 7.04. The number of halogens is 1. The Morgan fingerprint density at radius 2 is 1.86 bits per heavy atom. The number of carbonyl (C=O) groups is 1. The van der Waals surface area contributed by atoms with Crippen LogP contribution >= 0.6 is 11.6 Å². The number of hydrogen-bond acceptors (Lipinski definition) is 6. The zero-order chi connectivity index (χ0) is 27.5. The maximum atomic E-state index is 12.9. The number of aliphatic hydroxyl groups excluding tert-OH is 1. The number of nitrogens with zero attached hydrogens (tertiary/aromatic N) is 2. The lowest BCUT2D eigenvalue weighted by molar-refractivity contribution is -0.0533. The molecule has 0 fully saturated rings. The number of hydrogen-bond donors (Lipinski definition) is 2. The van der Waals surface area contributed by atoms with Gasteiger partial charge in [-0.25, -0.2) is 0 Å². The third-order valence-electron chi connectivity index (χ3n) is 5.95. The van der Waals surface area contributed by atoms with Gasteiger partial charge in [0, 0.05) is 37.0 Å². The summed E-state index contributed by atoms with van der Waals surface area (Å²) in [5.74, 6) is 1.97. The molecule has 1 aromatic carbocycles. The topological polar surface area (TPSA) is 87.8 Å². The highest BCUT2D eigenvalue weighted by atomic mass is 35.5. The van der Waals surface area contributed by atoms with E-state index in [2.05, 4.69) is 29.0 Å². The van der Waals surface area contributed by atoms with Crippen molar-refractivity contribution in [3.05, 3.63) is 46.7 Å². The van der Waals surface area contributed by atoms with Gasteiger partial charge in [0.05, 0.1) is 11.6 Å². The molecule has 0 radical (unpaired) electrons. The van der Waals surface area contributed by atoms with Gasteiger partial charge in [-0.1, -0.05) is 38.1 Å². The number of amides is 1. The maximum Gasteiger partial charge on any atom is 0.253 e.